The van der Waals surface area contributed by atoms with Crippen molar-refractivity contribution in [3.8, 4) is 0 Å². The summed E-state index contributed by atoms with van der Waals surface area (Å²) in [6.07, 6.45) is 6.25. The summed E-state index contributed by atoms with van der Waals surface area (Å²) < 4.78 is 5.05. The second-order valence-electron chi connectivity index (χ2n) is 6.84. The van der Waals surface area contributed by atoms with E-state index in [9.17, 15) is 4.79 Å². The van der Waals surface area contributed by atoms with Gasteiger partial charge in [0.1, 0.15) is 11.3 Å². The molecule has 0 aliphatic carbocycles. The summed E-state index contributed by atoms with van der Waals surface area (Å²) >= 11 is 0. The summed E-state index contributed by atoms with van der Waals surface area (Å²) in [7, 11) is 0. The Bertz CT molecular complexity index is 574. The Morgan fingerprint density at radius 1 is 1.36 bits per heavy atom. The van der Waals surface area contributed by atoms with E-state index < -0.39 is 0 Å². The van der Waals surface area contributed by atoms with Gasteiger partial charge < -0.3 is 9.42 Å². The summed E-state index contributed by atoms with van der Waals surface area (Å²) in [6, 6.07) is 0.471. The number of aromatic nitrogens is 1. The number of nitrogens with zero attached hydrogens (tertiary/aromatic N) is 3. The Morgan fingerprint density at radius 2 is 2.18 bits per heavy atom. The molecule has 0 N–H and O–H groups in total. The van der Waals surface area contributed by atoms with Crippen molar-refractivity contribution in [3.63, 3.8) is 0 Å². The topological polar surface area (TPSA) is 49.6 Å². The number of amides is 1. The third-order valence-electron chi connectivity index (χ3n) is 4.83. The molecule has 1 amide bonds. The average molecular weight is 303 g/mol. The van der Waals surface area contributed by atoms with Crippen LogP contribution in [0.2, 0.25) is 0 Å². The van der Waals surface area contributed by atoms with E-state index in [1.165, 1.54) is 18.4 Å². The van der Waals surface area contributed by atoms with Crippen molar-refractivity contribution >= 4 is 5.91 Å². The standard InChI is InChI=1S/C17H25N3O2/c1-12(2)6-7-19-9-14-4-5-15(19)11-20(10-14)17(21)16-8-18-22-13(16)3/h6,8,14-15H,4-5,7,9-11H2,1-3H3/t14-,15-/m1/s1. The summed E-state index contributed by atoms with van der Waals surface area (Å²) in [6.45, 7) is 9.84. The lowest BCUT2D eigenvalue weighted by atomic mass is 9.95. The molecule has 4 heterocycles. The van der Waals surface area contributed by atoms with Gasteiger partial charge in [0.15, 0.2) is 0 Å². The molecule has 4 rings (SSSR count). The highest BCUT2D eigenvalue weighted by molar-refractivity contribution is 5.94. The van der Waals surface area contributed by atoms with E-state index >= 15 is 0 Å². The van der Waals surface area contributed by atoms with Crippen LogP contribution < -0.4 is 0 Å². The van der Waals surface area contributed by atoms with E-state index in [0.717, 1.165) is 26.2 Å². The van der Waals surface area contributed by atoms with Crippen LogP contribution in [0.25, 0.3) is 0 Å². The normalized spacial score (nSPS) is 25.1. The number of allylic oxidation sites excluding steroid dienone is 1. The minimum atomic E-state index is 0.0692. The first-order valence-corrected chi connectivity index (χ1v) is 8.12. The van der Waals surface area contributed by atoms with Crippen molar-refractivity contribution in [3.05, 3.63) is 29.2 Å². The van der Waals surface area contributed by atoms with E-state index in [-0.39, 0.29) is 5.91 Å². The van der Waals surface area contributed by atoms with Crippen LogP contribution in [0, 0.1) is 12.8 Å². The van der Waals surface area contributed by atoms with Gasteiger partial charge in [-0.1, -0.05) is 16.8 Å². The molecule has 5 nitrogen and oxygen atoms in total. The molecule has 22 heavy (non-hydrogen) atoms. The second-order valence-corrected chi connectivity index (χ2v) is 6.84. The predicted octanol–water partition coefficient (Wildman–Crippen LogP) is 2.49. The molecule has 1 aromatic heterocycles. The minimum Gasteiger partial charge on any atom is -0.361 e. The Balaban J connectivity index is 1.74. The fourth-order valence-corrected chi connectivity index (χ4v) is 3.54. The van der Waals surface area contributed by atoms with E-state index in [0.29, 0.717) is 23.3 Å². The van der Waals surface area contributed by atoms with E-state index in [2.05, 4.69) is 30.0 Å². The van der Waals surface area contributed by atoms with Crippen LogP contribution in [-0.2, 0) is 0 Å². The lowest BCUT2D eigenvalue weighted by Crippen LogP contribution is -2.44. The van der Waals surface area contributed by atoms with Gasteiger partial charge >= 0.3 is 0 Å². The maximum Gasteiger partial charge on any atom is 0.259 e. The third kappa shape index (κ3) is 3.09. The molecule has 120 valence electrons. The molecule has 0 unspecified atom stereocenters. The van der Waals surface area contributed by atoms with Gasteiger partial charge in [0.25, 0.3) is 5.91 Å². The van der Waals surface area contributed by atoms with Crippen molar-refractivity contribution in [1.82, 2.24) is 15.0 Å². The van der Waals surface area contributed by atoms with Gasteiger partial charge in [-0.25, -0.2) is 0 Å². The molecule has 5 heteroatoms. The molecule has 3 saturated heterocycles. The number of carbonyl (C=O) groups is 1. The molecule has 0 spiro atoms. The SMILES string of the molecule is CC(C)=CCN1C[C@H]2CC[C@@H]1CN(C(=O)c1cnoc1C)C2. The van der Waals surface area contributed by atoms with Gasteiger partial charge in [0, 0.05) is 32.2 Å². The second kappa shape index (κ2) is 6.24. The number of fused-ring (bicyclic) bond motifs is 4. The first kappa shape index (κ1) is 15.3. The van der Waals surface area contributed by atoms with E-state index in [4.69, 9.17) is 4.52 Å². The van der Waals surface area contributed by atoms with Crippen LogP contribution >= 0.6 is 0 Å². The summed E-state index contributed by atoms with van der Waals surface area (Å²) in [5, 5.41) is 3.74. The molecule has 1 aromatic rings. The highest BCUT2D eigenvalue weighted by Crippen LogP contribution is 2.29. The smallest absolute Gasteiger partial charge is 0.259 e. The maximum absolute atomic E-state index is 12.7. The number of aryl methyl sites for hydroxylation is 1. The van der Waals surface area contributed by atoms with Crippen LogP contribution in [0.1, 0.15) is 42.8 Å². The van der Waals surface area contributed by atoms with E-state index in [1.54, 1.807) is 13.1 Å². The van der Waals surface area contributed by atoms with Gasteiger partial charge in [0.05, 0.1) is 6.20 Å². The van der Waals surface area contributed by atoms with Crippen LogP contribution in [-0.4, -0.2) is 53.1 Å². The third-order valence-corrected chi connectivity index (χ3v) is 4.83. The zero-order valence-corrected chi connectivity index (χ0v) is 13.7. The average Bonchev–Trinajstić information content (AvgIpc) is 2.72. The number of rotatable bonds is 3. The predicted molar refractivity (Wildman–Crippen MR) is 84.7 cm³/mol. The Hall–Kier alpha value is -1.62. The molecule has 0 saturated carbocycles. The largest absolute Gasteiger partial charge is 0.361 e. The van der Waals surface area contributed by atoms with Crippen molar-refractivity contribution in [2.24, 2.45) is 5.92 Å². The van der Waals surface area contributed by atoms with Crippen molar-refractivity contribution < 1.29 is 9.32 Å². The van der Waals surface area contributed by atoms with Gasteiger partial charge in [0.2, 0.25) is 0 Å². The molecule has 3 aliphatic rings. The Labute approximate surface area is 131 Å². The Morgan fingerprint density at radius 3 is 2.86 bits per heavy atom. The lowest BCUT2D eigenvalue weighted by Gasteiger charge is -2.35. The number of piperidine rings is 1. The first-order valence-electron chi connectivity index (χ1n) is 8.12. The quantitative estimate of drug-likeness (QED) is 0.805. The highest BCUT2D eigenvalue weighted by atomic mass is 16.5. The molecule has 2 atom stereocenters. The molecular weight excluding hydrogens is 278 g/mol. The van der Waals surface area contributed by atoms with Crippen molar-refractivity contribution in [2.75, 3.05) is 26.2 Å². The van der Waals surface area contributed by atoms with Gasteiger partial charge in [-0.05, 0) is 39.5 Å². The number of hydrogen-bond donors (Lipinski definition) is 0. The molecule has 2 bridgehead atoms. The van der Waals surface area contributed by atoms with Crippen LogP contribution in [0.5, 0.6) is 0 Å². The minimum absolute atomic E-state index is 0.0692. The molecule has 0 aromatic carbocycles. The molecule has 3 fully saturated rings. The van der Waals surface area contributed by atoms with Crippen LogP contribution in [0.3, 0.4) is 0 Å². The molecule has 0 radical (unpaired) electrons. The maximum atomic E-state index is 12.7. The van der Waals surface area contributed by atoms with Crippen LogP contribution in [0.15, 0.2) is 22.4 Å². The van der Waals surface area contributed by atoms with Crippen molar-refractivity contribution in [2.45, 2.75) is 39.7 Å². The van der Waals surface area contributed by atoms with Gasteiger partial charge in [-0.3, -0.25) is 9.69 Å². The fraction of sp³-hybridized carbons (Fsp3) is 0.647. The van der Waals surface area contributed by atoms with Crippen LogP contribution in [0.4, 0.5) is 0 Å². The summed E-state index contributed by atoms with van der Waals surface area (Å²) in [5.74, 6) is 1.26. The molecule has 3 aliphatic heterocycles. The number of carbonyl (C=O) groups excluding carboxylic acids is 1. The summed E-state index contributed by atoms with van der Waals surface area (Å²) in [4.78, 5) is 17.3. The zero-order chi connectivity index (χ0) is 15.7. The van der Waals surface area contributed by atoms with Gasteiger partial charge in [-0.15, -0.1) is 0 Å². The molecular formula is C17H25N3O2. The highest BCUT2D eigenvalue weighted by Gasteiger charge is 2.36. The monoisotopic (exact) mass is 303 g/mol. The first-order chi connectivity index (χ1) is 10.5. The fourth-order valence-electron chi connectivity index (χ4n) is 3.54. The number of hydrogen-bond acceptors (Lipinski definition) is 4. The zero-order valence-electron chi connectivity index (χ0n) is 13.7. The van der Waals surface area contributed by atoms with Gasteiger partial charge in [-0.2, -0.15) is 0 Å². The summed E-state index contributed by atoms with van der Waals surface area (Å²) in [5.41, 5.74) is 1.96. The lowest BCUT2D eigenvalue weighted by molar-refractivity contribution is 0.0738. The Kier molecular flexibility index (Phi) is 4.34. The van der Waals surface area contributed by atoms with E-state index in [1.807, 2.05) is 4.90 Å². The van der Waals surface area contributed by atoms with Crippen molar-refractivity contribution in [1.29, 1.82) is 0 Å².